The predicted molar refractivity (Wildman–Crippen MR) is 206 cm³/mol. The van der Waals surface area contributed by atoms with Gasteiger partial charge >= 0.3 is 0 Å². The predicted octanol–water partition coefficient (Wildman–Crippen LogP) is 11.6. The number of fused-ring (bicyclic) bond motifs is 4. The Morgan fingerprint density at radius 1 is 0.667 bits per heavy atom. The maximum absolute atomic E-state index is 6.52. The van der Waals surface area contributed by atoms with Crippen LogP contribution in [-0.4, -0.2) is 16.1 Å². The van der Waals surface area contributed by atoms with Crippen molar-refractivity contribution in [3.63, 3.8) is 0 Å². The van der Waals surface area contributed by atoms with Crippen molar-refractivity contribution < 1.29 is 25.8 Å². The third kappa shape index (κ3) is 6.45. The molecule has 0 radical (unpaired) electrons. The average molecular weight is 849 g/mol. The van der Waals surface area contributed by atoms with Gasteiger partial charge in [-0.3, -0.25) is 0 Å². The van der Waals surface area contributed by atoms with Crippen LogP contribution in [0, 0.1) is 18.7 Å². The van der Waals surface area contributed by atoms with E-state index in [4.69, 9.17) is 9.72 Å². The van der Waals surface area contributed by atoms with Crippen molar-refractivity contribution in [2.24, 2.45) is 0 Å². The van der Waals surface area contributed by atoms with E-state index in [0.717, 1.165) is 44.7 Å². The van der Waals surface area contributed by atoms with Gasteiger partial charge in [0.15, 0.2) is 0 Å². The number of anilines is 4. The summed E-state index contributed by atoms with van der Waals surface area (Å²) >= 11 is 0. The first-order chi connectivity index (χ1) is 24.1. The van der Waals surface area contributed by atoms with E-state index < -0.39 is 0 Å². The van der Waals surface area contributed by atoms with E-state index in [2.05, 4.69) is 172 Å². The van der Waals surface area contributed by atoms with Gasteiger partial charge in [0.2, 0.25) is 0 Å². The van der Waals surface area contributed by atoms with E-state index in [1.54, 1.807) is 0 Å². The Labute approximate surface area is 315 Å². The molecular weight excluding hydrogens is 808 g/mol. The standard InChI is InChI=1S/C45H41N4O.Pt/c1-44(2,3)31-24-25-46-43(28-31)49-38-18-9-7-16-35(38)36-23-22-34(30-42(36)49)50-33-15-13-14-32(29-33)47-26-27-48(41-21-12-11-20-40(41)47)39-19-10-8-17-37(39)45(4,5)6;/h7-25,27-28H,26H2,1-6H3;/q-3;. The third-order valence-electron chi connectivity index (χ3n) is 9.51. The number of para-hydroxylation sites is 4. The van der Waals surface area contributed by atoms with Crippen LogP contribution in [0.25, 0.3) is 27.6 Å². The van der Waals surface area contributed by atoms with Gasteiger partial charge < -0.3 is 19.1 Å². The summed E-state index contributed by atoms with van der Waals surface area (Å²) in [6.07, 6.45) is 1.90. The van der Waals surface area contributed by atoms with Crippen molar-refractivity contribution in [3.8, 4) is 17.3 Å². The van der Waals surface area contributed by atoms with Gasteiger partial charge in [-0.25, -0.2) is 11.5 Å². The van der Waals surface area contributed by atoms with Gasteiger partial charge in [-0.05, 0) is 63.7 Å². The van der Waals surface area contributed by atoms with E-state index in [9.17, 15) is 0 Å². The number of ether oxygens (including phenoxy) is 1. The molecule has 260 valence electrons. The van der Waals surface area contributed by atoms with Crippen LogP contribution in [0.2, 0.25) is 0 Å². The minimum atomic E-state index is -0.00286. The molecule has 7 aromatic rings. The molecule has 0 N–H and O–H groups in total. The SMILES string of the molecule is CC(C)(C)c1ccnc(-n2c3[c-]c(Oc4[c-]c(N5C[CH-]N(c6ccccc6C(C)(C)C)c6ccccc65)ccc4)ccc3c3ccccc32)c1.[Pt]. The van der Waals surface area contributed by atoms with Crippen LogP contribution in [0.15, 0.2) is 121 Å². The summed E-state index contributed by atoms with van der Waals surface area (Å²) in [5, 5.41) is 2.26. The number of hydrogen-bond acceptors (Lipinski definition) is 4. The number of pyridine rings is 1. The summed E-state index contributed by atoms with van der Waals surface area (Å²) in [4.78, 5) is 9.44. The van der Waals surface area contributed by atoms with Crippen LogP contribution >= 0.6 is 0 Å². The number of nitrogens with zero attached hydrogens (tertiary/aromatic N) is 4. The fraction of sp³-hybridized carbons (Fsp3) is 0.200. The molecule has 5 nitrogen and oxygen atoms in total. The summed E-state index contributed by atoms with van der Waals surface area (Å²) in [7, 11) is 0. The normalized spacial score (nSPS) is 13.3. The second-order valence-electron chi connectivity index (χ2n) is 15.0. The molecule has 0 spiro atoms. The van der Waals surface area contributed by atoms with Crippen LogP contribution < -0.4 is 14.5 Å². The molecule has 3 heterocycles. The Kier molecular flexibility index (Phi) is 9.06. The molecule has 1 aliphatic rings. The molecular formula is C45H41N4OPt-3. The fourth-order valence-electron chi connectivity index (χ4n) is 6.98. The van der Waals surface area contributed by atoms with Crippen LogP contribution in [-0.2, 0) is 31.9 Å². The summed E-state index contributed by atoms with van der Waals surface area (Å²) < 4.78 is 8.71. The van der Waals surface area contributed by atoms with Crippen molar-refractivity contribution in [1.29, 1.82) is 0 Å². The van der Waals surface area contributed by atoms with E-state index in [1.165, 1.54) is 16.8 Å². The Bertz CT molecular complexity index is 2360. The van der Waals surface area contributed by atoms with Crippen LogP contribution in [0.5, 0.6) is 11.5 Å². The van der Waals surface area contributed by atoms with Gasteiger partial charge in [-0.15, -0.1) is 35.7 Å². The topological polar surface area (TPSA) is 33.5 Å². The smallest absolute Gasteiger partial charge is 0.135 e. The zero-order valence-electron chi connectivity index (χ0n) is 29.8. The maximum Gasteiger partial charge on any atom is 0.135 e. The zero-order valence-corrected chi connectivity index (χ0v) is 32.1. The molecule has 6 heteroatoms. The monoisotopic (exact) mass is 848 g/mol. The molecule has 8 rings (SSSR count). The number of aromatic nitrogens is 2. The number of benzene rings is 5. The van der Waals surface area contributed by atoms with E-state index >= 15 is 0 Å². The molecule has 0 atom stereocenters. The minimum absolute atomic E-state index is 0. The molecule has 0 saturated carbocycles. The summed E-state index contributed by atoms with van der Waals surface area (Å²) in [6, 6.07) is 47.4. The first-order valence-electron chi connectivity index (χ1n) is 17.3. The fourth-order valence-corrected chi connectivity index (χ4v) is 6.98. The molecule has 0 saturated heterocycles. The van der Waals surface area contributed by atoms with Gasteiger partial charge in [0.25, 0.3) is 0 Å². The Morgan fingerprint density at radius 3 is 2.16 bits per heavy atom. The zero-order chi connectivity index (χ0) is 34.6. The molecule has 0 bridgehead atoms. The van der Waals surface area contributed by atoms with Crippen molar-refractivity contribution >= 4 is 44.6 Å². The molecule has 0 fully saturated rings. The van der Waals surface area contributed by atoms with Gasteiger partial charge in [-0.1, -0.05) is 108 Å². The Hall–Kier alpha value is -4.86. The first-order valence-corrected chi connectivity index (χ1v) is 17.3. The molecule has 0 amide bonds. The van der Waals surface area contributed by atoms with E-state index in [0.29, 0.717) is 18.0 Å². The van der Waals surface area contributed by atoms with Crippen LogP contribution in [0.1, 0.15) is 52.7 Å². The van der Waals surface area contributed by atoms with Gasteiger partial charge in [0, 0.05) is 55.7 Å². The largest absolute Gasteiger partial charge is 0.509 e. The molecule has 2 aromatic heterocycles. The van der Waals surface area contributed by atoms with Crippen molar-refractivity contribution in [2.75, 3.05) is 16.3 Å². The Morgan fingerprint density at radius 2 is 1.37 bits per heavy atom. The van der Waals surface area contributed by atoms with E-state index in [-0.39, 0.29) is 31.9 Å². The first kappa shape index (κ1) is 34.6. The van der Waals surface area contributed by atoms with Crippen molar-refractivity contribution in [2.45, 2.75) is 52.4 Å². The molecule has 51 heavy (non-hydrogen) atoms. The van der Waals surface area contributed by atoms with Crippen molar-refractivity contribution in [1.82, 2.24) is 9.55 Å². The van der Waals surface area contributed by atoms with E-state index in [1.807, 2.05) is 24.4 Å². The molecule has 5 aromatic carbocycles. The van der Waals surface area contributed by atoms with Gasteiger partial charge in [0.1, 0.15) is 5.82 Å². The quantitative estimate of drug-likeness (QED) is 0.162. The Balaban J connectivity index is 0.00000406. The molecule has 0 unspecified atom stereocenters. The minimum Gasteiger partial charge on any atom is -0.509 e. The summed E-state index contributed by atoms with van der Waals surface area (Å²) in [5.41, 5.74) is 8.95. The number of hydrogen-bond donors (Lipinski definition) is 0. The number of rotatable bonds is 5. The maximum atomic E-state index is 6.52. The van der Waals surface area contributed by atoms with Crippen LogP contribution in [0.3, 0.4) is 0 Å². The summed E-state index contributed by atoms with van der Waals surface area (Å²) in [5.74, 6) is 2.12. The van der Waals surface area contributed by atoms with Crippen molar-refractivity contribution in [3.05, 3.63) is 151 Å². The third-order valence-corrected chi connectivity index (χ3v) is 9.51. The molecule has 0 aliphatic carbocycles. The van der Waals surface area contributed by atoms with Gasteiger partial charge in [-0.2, -0.15) is 12.1 Å². The second-order valence-corrected chi connectivity index (χ2v) is 15.0. The molecule has 1 aliphatic heterocycles. The van der Waals surface area contributed by atoms with Crippen LogP contribution in [0.4, 0.5) is 22.7 Å². The average Bonchev–Trinajstić information content (AvgIpc) is 3.44. The summed E-state index contributed by atoms with van der Waals surface area (Å²) in [6.45, 7) is 16.4. The van der Waals surface area contributed by atoms with Gasteiger partial charge in [0.05, 0.1) is 5.69 Å². The second kappa shape index (κ2) is 13.4.